The van der Waals surface area contributed by atoms with Gasteiger partial charge in [-0.15, -0.1) is 0 Å². The van der Waals surface area contributed by atoms with Crippen LogP contribution in [-0.4, -0.2) is 29.5 Å². The maximum absolute atomic E-state index is 13.1. The average molecular weight is 455 g/mol. The monoisotopic (exact) mass is 454 g/mol. The van der Waals surface area contributed by atoms with Crippen LogP contribution in [0.15, 0.2) is 48.7 Å². The number of hydrogen-bond acceptors (Lipinski definition) is 3. The Morgan fingerprint density at radius 3 is 2.91 bits per heavy atom. The van der Waals surface area contributed by atoms with Gasteiger partial charge in [-0.25, -0.2) is 0 Å². The van der Waals surface area contributed by atoms with Crippen LogP contribution in [0, 0.1) is 23.2 Å². The number of carbonyl (C=O) groups excluding carboxylic acids is 1. The van der Waals surface area contributed by atoms with E-state index in [1.54, 1.807) is 0 Å². The van der Waals surface area contributed by atoms with Gasteiger partial charge in [0.2, 0.25) is 5.91 Å². The van der Waals surface area contributed by atoms with Crippen molar-refractivity contribution in [3.63, 3.8) is 0 Å². The largest absolute Gasteiger partial charge is 0.361 e. The van der Waals surface area contributed by atoms with E-state index in [4.69, 9.17) is 0 Å². The van der Waals surface area contributed by atoms with Crippen LogP contribution >= 0.6 is 0 Å². The van der Waals surface area contributed by atoms with Crippen LogP contribution in [0.4, 0.5) is 0 Å². The lowest BCUT2D eigenvalue weighted by molar-refractivity contribution is -0.122. The summed E-state index contributed by atoms with van der Waals surface area (Å²) in [4.78, 5) is 16.4. The summed E-state index contributed by atoms with van der Waals surface area (Å²) in [5.74, 6) is 1.05. The van der Waals surface area contributed by atoms with Crippen molar-refractivity contribution in [2.45, 2.75) is 64.0 Å². The Morgan fingerprint density at radius 2 is 2.03 bits per heavy atom. The Kier molecular flexibility index (Phi) is 6.69. The van der Waals surface area contributed by atoms with Crippen LogP contribution in [0.25, 0.3) is 10.9 Å². The normalized spacial score (nSPS) is 23.5. The molecule has 176 valence electrons. The van der Waals surface area contributed by atoms with E-state index in [9.17, 15) is 10.1 Å². The highest BCUT2D eigenvalue weighted by atomic mass is 16.1. The van der Waals surface area contributed by atoms with Crippen LogP contribution in [0.5, 0.6) is 0 Å². The fourth-order valence-corrected chi connectivity index (χ4v) is 6.18. The summed E-state index contributed by atoms with van der Waals surface area (Å²) in [6.45, 7) is 3.29. The van der Waals surface area contributed by atoms with Crippen molar-refractivity contribution in [2.75, 3.05) is 6.54 Å². The zero-order valence-corrected chi connectivity index (χ0v) is 19.9. The molecule has 34 heavy (non-hydrogen) atoms. The van der Waals surface area contributed by atoms with Crippen molar-refractivity contribution in [3.8, 4) is 6.07 Å². The van der Waals surface area contributed by atoms with Crippen LogP contribution in [0.3, 0.4) is 0 Å². The summed E-state index contributed by atoms with van der Waals surface area (Å²) in [5.41, 5.74) is 5.55. The number of nitrogens with one attached hydrogen (secondary N) is 3. The summed E-state index contributed by atoms with van der Waals surface area (Å²) in [7, 11) is 0. The molecule has 1 saturated carbocycles. The average Bonchev–Trinajstić information content (AvgIpc) is 3.13. The number of aromatic nitrogens is 1. The highest BCUT2D eigenvalue weighted by Crippen LogP contribution is 2.34. The van der Waals surface area contributed by atoms with Crippen LogP contribution in [0.1, 0.15) is 54.9 Å². The molecule has 0 radical (unpaired) electrons. The SMILES string of the molecule is CC(C1Cc2ccc(C#N)cc2CCN1)C1CCCCC1NC(=O)Cc1c[nH]c2ccccc12. The number of nitriles is 1. The molecule has 1 aromatic heterocycles. The van der Waals surface area contributed by atoms with E-state index in [0.717, 1.165) is 54.3 Å². The summed E-state index contributed by atoms with van der Waals surface area (Å²) >= 11 is 0. The van der Waals surface area contributed by atoms with Crippen LogP contribution < -0.4 is 10.6 Å². The highest BCUT2D eigenvalue weighted by molar-refractivity contribution is 5.88. The molecule has 3 N–H and O–H groups in total. The van der Waals surface area contributed by atoms with Crippen molar-refractivity contribution >= 4 is 16.8 Å². The molecule has 2 aliphatic rings. The summed E-state index contributed by atoms with van der Waals surface area (Å²) in [5, 5.41) is 17.6. The molecule has 1 aliphatic heterocycles. The second-order valence-electron chi connectivity index (χ2n) is 10.1. The first kappa shape index (κ1) is 22.7. The number of para-hydroxylation sites is 1. The number of amides is 1. The Labute approximate surface area is 201 Å². The summed E-state index contributed by atoms with van der Waals surface area (Å²) in [6.07, 6.45) is 8.96. The van der Waals surface area contributed by atoms with E-state index in [-0.39, 0.29) is 11.9 Å². The van der Waals surface area contributed by atoms with Crippen LogP contribution in [0.2, 0.25) is 0 Å². The van der Waals surface area contributed by atoms with Gasteiger partial charge in [-0.3, -0.25) is 4.79 Å². The first-order valence-electron chi connectivity index (χ1n) is 12.7. The van der Waals surface area contributed by atoms with E-state index in [1.165, 1.54) is 24.0 Å². The molecule has 0 bridgehead atoms. The molecule has 0 saturated heterocycles. The number of rotatable bonds is 5. The van der Waals surface area contributed by atoms with Crippen molar-refractivity contribution in [2.24, 2.45) is 11.8 Å². The van der Waals surface area contributed by atoms with Crippen molar-refractivity contribution in [3.05, 3.63) is 70.9 Å². The first-order valence-corrected chi connectivity index (χ1v) is 12.7. The van der Waals surface area contributed by atoms with Crippen LogP contribution in [-0.2, 0) is 24.1 Å². The molecule has 0 spiro atoms. The predicted octanol–water partition coefficient (Wildman–Crippen LogP) is 4.65. The van der Waals surface area contributed by atoms with Gasteiger partial charge in [-0.1, -0.05) is 44.0 Å². The number of carbonyl (C=O) groups is 1. The smallest absolute Gasteiger partial charge is 0.224 e. The second kappa shape index (κ2) is 10.0. The molecule has 4 unspecified atom stereocenters. The third-order valence-corrected chi connectivity index (χ3v) is 8.08. The van der Waals surface area contributed by atoms with E-state index < -0.39 is 0 Å². The Morgan fingerprint density at radius 1 is 1.18 bits per heavy atom. The Hall–Kier alpha value is -3.10. The fourth-order valence-electron chi connectivity index (χ4n) is 6.18. The molecule has 1 aliphatic carbocycles. The molecule has 5 rings (SSSR count). The number of hydrogen-bond donors (Lipinski definition) is 3. The maximum atomic E-state index is 13.1. The standard InChI is InChI=1S/C29H34N4O/c1-19(28-15-21-11-10-20(17-30)14-22(21)12-13-31-28)24-6-2-5-9-27(24)33-29(34)16-23-18-32-26-8-4-3-7-25(23)26/h3-4,7-8,10-11,14,18-19,24,27-28,31-32H,2,5-6,9,12-13,15-16H2,1H3,(H,33,34). The van der Waals surface area contributed by atoms with E-state index in [1.807, 2.05) is 24.4 Å². The number of fused-ring (bicyclic) bond motifs is 2. The Balaban J connectivity index is 1.27. The number of nitrogens with zero attached hydrogens (tertiary/aromatic N) is 1. The molecule has 3 aromatic rings. The highest BCUT2D eigenvalue weighted by Gasteiger charge is 2.35. The zero-order valence-electron chi connectivity index (χ0n) is 19.9. The molecular formula is C29H34N4O. The molecule has 1 amide bonds. The van der Waals surface area contributed by atoms with E-state index in [2.05, 4.69) is 52.9 Å². The van der Waals surface area contributed by atoms with Gasteiger partial charge in [0.15, 0.2) is 0 Å². The molecule has 5 nitrogen and oxygen atoms in total. The van der Waals surface area contributed by atoms with Crippen molar-refractivity contribution in [1.82, 2.24) is 15.6 Å². The van der Waals surface area contributed by atoms with Gasteiger partial charge in [0.25, 0.3) is 0 Å². The maximum Gasteiger partial charge on any atom is 0.224 e. The third kappa shape index (κ3) is 4.74. The number of benzene rings is 2. The van der Waals surface area contributed by atoms with Crippen molar-refractivity contribution < 1.29 is 4.79 Å². The van der Waals surface area contributed by atoms with Gasteiger partial charge < -0.3 is 15.6 Å². The minimum Gasteiger partial charge on any atom is -0.361 e. The minimum absolute atomic E-state index is 0.122. The fraction of sp³-hybridized carbons (Fsp3) is 0.448. The topological polar surface area (TPSA) is 80.7 Å². The van der Waals surface area contributed by atoms with Gasteiger partial charge >= 0.3 is 0 Å². The lowest BCUT2D eigenvalue weighted by Crippen LogP contribution is -2.49. The quantitative estimate of drug-likeness (QED) is 0.525. The lowest BCUT2D eigenvalue weighted by Gasteiger charge is -2.39. The molecule has 2 aromatic carbocycles. The molecule has 1 fully saturated rings. The first-order chi connectivity index (χ1) is 16.6. The zero-order chi connectivity index (χ0) is 23.5. The second-order valence-corrected chi connectivity index (χ2v) is 10.1. The number of aromatic amines is 1. The van der Waals surface area contributed by atoms with Crippen molar-refractivity contribution in [1.29, 1.82) is 5.26 Å². The number of H-pyrrole nitrogens is 1. The summed E-state index contributed by atoms with van der Waals surface area (Å²) < 4.78 is 0. The molecule has 2 heterocycles. The van der Waals surface area contributed by atoms with Gasteiger partial charge in [-0.2, -0.15) is 5.26 Å². The minimum atomic E-state index is 0.122. The summed E-state index contributed by atoms with van der Waals surface area (Å²) in [6, 6.07) is 17.2. The third-order valence-electron chi connectivity index (χ3n) is 8.08. The molecular weight excluding hydrogens is 420 g/mol. The van der Waals surface area contributed by atoms with Gasteiger partial charge in [0.1, 0.15) is 0 Å². The van der Waals surface area contributed by atoms with E-state index in [0.29, 0.717) is 24.3 Å². The lowest BCUT2D eigenvalue weighted by atomic mass is 9.73. The van der Waals surface area contributed by atoms with Gasteiger partial charge in [0, 0.05) is 29.2 Å². The molecule has 4 atom stereocenters. The van der Waals surface area contributed by atoms with Gasteiger partial charge in [-0.05, 0) is 79.0 Å². The van der Waals surface area contributed by atoms with E-state index >= 15 is 0 Å². The predicted molar refractivity (Wildman–Crippen MR) is 135 cm³/mol. The van der Waals surface area contributed by atoms with Gasteiger partial charge in [0.05, 0.1) is 18.1 Å². The Bertz CT molecular complexity index is 1210. The molecule has 5 heteroatoms.